The first-order valence-electron chi connectivity index (χ1n) is 11.0. The molecule has 2 amide bonds. The third kappa shape index (κ3) is 6.88. The Morgan fingerprint density at radius 2 is 1.89 bits per heavy atom. The quantitative estimate of drug-likeness (QED) is 0.110. The van der Waals surface area contributed by atoms with E-state index in [1.165, 1.54) is 0 Å². The van der Waals surface area contributed by atoms with Crippen LogP contribution >= 0.6 is 0 Å². The molecular formula is C23H26N4O8. The number of imide groups is 1. The summed E-state index contributed by atoms with van der Waals surface area (Å²) in [5.74, 6) is -3.08. The third-order valence-corrected chi connectivity index (χ3v) is 5.37. The van der Waals surface area contributed by atoms with E-state index >= 15 is 0 Å². The van der Waals surface area contributed by atoms with Crippen molar-refractivity contribution in [1.82, 2.24) is 10.4 Å². The number of benzene rings is 1. The third-order valence-electron chi connectivity index (χ3n) is 5.37. The molecule has 1 aliphatic heterocycles. The van der Waals surface area contributed by atoms with Gasteiger partial charge in [0.1, 0.15) is 5.58 Å². The van der Waals surface area contributed by atoms with E-state index < -0.39 is 35.3 Å². The number of ether oxygens (including phenoxy) is 1. The Kier molecular flexibility index (Phi) is 8.18. The molecule has 2 aromatic rings. The van der Waals surface area contributed by atoms with Gasteiger partial charge in [0.2, 0.25) is 0 Å². The van der Waals surface area contributed by atoms with Crippen LogP contribution in [0.3, 0.4) is 0 Å². The molecule has 1 aromatic heterocycles. The molecule has 1 fully saturated rings. The molecule has 1 aliphatic rings. The van der Waals surface area contributed by atoms with E-state index in [0.29, 0.717) is 34.4 Å². The van der Waals surface area contributed by atoms with Gasteiger partial charge in [-0.1, -0.05) is 13.0 Å². The number of nitrogens with one attached hydrogen (secondary N) is 2. The van der Waals surface area contributed by atoms with Crippen LogP contribution in [0.5, 0.6) is 0 Å². The fourth-order valence-electron chi connectivity index (χ4n) is 3.54. The van der Waals surface area contributed by atoms with Crippen LogP contribution < -0.4 is 16.7 Å². The van der Waals surface area contributed by atoms with Gasteiger partial charge in [-0.2, -0.15) is 0 Å². The molecular weight excluding hydrogens is 460 g/mol. The summed E-state index contributed by atoms with van der Waals surface area (Å²) in [7, 11) is 0. The Labute approximate surface area is 199 Å². The SMILES string of the molecule is CC(CC(=O)OCNC(=N)N)c1cc2cc(CCCC(=O)ON3C(=O)CCC3=O)ccc2oc1=O. The van der Waals surface area contributed by atoms with E-state index in [2.05, 4.69) is 5.32 Å². The molecule has 3 rings (SSSR count). The van der Waals surface area contributed by atoms with Crippen molar-refractivity contribution in [3.05, 3.63) is 45.8 Å². The van der Waals surface area contributed by atoms with Crippen LogP contribution in [0.2, 0.25) is 0 Å². The number of hydroxylamine groups is 2. The molecule has 0 aliphatic carbocycles. The zero-order chi connectivity index (χ0) is 25.5. The summed E-state index contributed by atoms with van der Waals surface area (Å²) in [5.41, 5.74) is 6.14. The molecule has 1 unspecified atom stereocenters. The molecule has 2 heterocycles. The van der Waals surface area contributed by atoms with Crippen molar-refractivity contribution >= 4 is 40.7 Å². The minimum absolute atomic E-state index is 0.0157. The average molecular weight is 486 g/mol. The van der Waals surface area contributed by atoms with Crippen LogP contribution in [0.15, 0.2) is 33.5 Å². The molecule has 12 heteroatoms. The predicted octanol–water partition coefficient (Wildman–Crippen LogP) is 1.20. The first-order chi connectivity index (χ1) is 16.6. The summed E-state index contributed by atoms with van der Waals surface area (Å²) in [6.45, 7) is 1.46. The number of aryl methyl sites for hydroxylation is 1. The van der Waals surface area contributed by atoms with Crippen LogP contribution in [0.1, 0.15) is 56.1 Å². The summed E-state index contributed by atoms with van der Waals surface area (Å²) in [4.78, 5) is 64.2. The number of hydrogen-bond acceptors (Lipinski definition) is 9. The van der Waals surface area contributed by atoms with Crippen LogP contribution in [0.4, 0.5) is 0 Å². The van der Waals surface area contributed by atoms with Gasteiger partial charge in [-0.15, -0.1) is 5.06 Å². The number of nitrogens with zero attached hydrogens (tertiary/aromatic N) is 1. The standard InChI is InChI=1S/C23H26N4O8/c1-13(9-21(31)33-12-26-23(24)25)16-11-15-10-14(5-6-17(15)34-22(16)32)3-2-4-20(30)35-27-18(28)7-8-19(27)29/h5-6,10-11,13H,2-4,7-9,12H2,1H3,(H4,24,25,26). The number of nitrogens with two attached hydrogens (primary N) is 1. The smallest absolute Gasteiger partial charge is 0.339 e. The van der Waals surface area contributed by atoms with E-state index in [1.54, 1.807) is 25.1 Å². The van der Waals surface area contributed by atoms with Crippen LogP contribution in [-0.2, 0) is 35.2 Å². The van der Waals surface area contributed by atoms with Crippen LogP contribution in [0, 0.1) is 5.41 Å². The lowest BCUT2D eigenvalue weighted by atomic mass is 9.97. The van der Waals surface area contributed by atoms with Gasteiger partial charge in [-0.05, 0) is 42.5 Å². The number of hydrogen-bond donors (Lipinski definition) is 3. The molecule has 0 saturated carbocycles. The Morgan fingerprint density at radius 1 is 1.17 bits per heavy atom. The summed E-state index contributed by atoms with van der Waals surface area (Å²) in [5, 5.41) is 10.6. The van der Waals surface area contributed by atoms with Gasteiger partial charge < -0.3 is 25.0 Å². The molecule has 35 heavy (non-hydrogen) atoms. The molecule has 0 spiro atoms. The molecule has 0 radical (unpaired) electrons. The zero-order valence-corrected chi connectivity index (χ0v) is 19.1. The zero-order valence-electron chi connectivity index (χ0n) is 19.1. The molecule has 1 aromatic carbocycles. The van der Waals surface area contributed by atoms with Crippen molar-refractivity contribution in [2.75, 3.05) is 6.73 Å². The summed E-state index contributed by atoms with van der Waals surface area (Å²) < 4.78 is 10.3. The maximum atomic E-state index is 12.4. The number of esters is 1. The summed E-state index contributed by atoms with van der Waals surface area (Å²) in [6.07, 6.45) is 0.949. The minimum Gasteiger partial charge on any atom is -0.444 e. The van der Waals surface area contributed by atoms with E-state index in [0.717, 1.165) is 5.56 Å². The van der Waals surface area contributed by atoms with E-state index in [4.69, 9.17) is 25.1 Å². The lowest BCUT2D eigenvalue weighted by Crippen LogP contribution is -2.33. The molecule has 0 bridgehead atoms. The van der Waals surface area contributed by atoms with Gasteiger partial charge in [-0.3, -0.25) is 19.8 Å². The van der Waals surface area contributed by atoms with E-state index in [1.807, 2.05) is 6.07 Å². The van der Waals surface area contributed by atoms with Gasteiger partial charge in [-0.25, -0.2) is 9.59 Å². The number of amides is 2. The van der Waals surface area contributed by atoms with Crippen molar-refractivity contribution in [3.63, 3.8) is 0 Å². The highest BCUT2D eigenvalue weighted by Crippen LogP contribution is 2.23. The first kappa shape index (κ1) is 25.4. The van der Waals surface area contributed by atoms with Gasteiger partial charge in [0.15, 0.2) is 12.7 Å². The lowest BCUT2D eigenvalue weighted by molar-refractivity contribution is -0.197. The maximum Gasteiger partial charge on any atom is 0.339 e. The second-order valence-electron chi connectivity index (χ2n) is 8.12. The normalized spacial score (nSPS) is 14.1. The molecule has 4 N–H and O–H groups in total. The van der Waals surface area contributed by atoms with Gasteiger partial charge in [0.05, 0.1) is 6.42 Å². The lowest BCUT2D eigenvalue weighted by Gasteiger charge is -2.13. The van der Waals surface area contributed by atoms with Crippen molar-refractivity contribution in [1.29, 1.82) is 5.41 Å². The summed E-state index contributed by atoms with van der Waals surface area (Å²) >= 11 is 0. The number of fused-ring (bicyclic) bond motifs is 1. The second-order valence-corrected chi connectivity index (χ2v) is 8.12. The van der Waals surface area contributed by atoms with Crippen molar-refractivity contribution in [2.45, 2.75) is 51.4 Å². The number of carbonyl (C=O) groups is 4. The number of guanidine groups is 1. The maximum absolute atomic E-state index is 12.4. The van der Waals surface area contributed by atoms with Gasteiger partial charge in [0.25, 0.3) is 11.8 Å². The monoisotopic (exact) mass is 486 g/mol. The molecule has 186 valence electrons. The Bertz CT molecular complexity index is 1210. The van der Waals surface area contributed by atoms with Crippen LogP contribution in [-0.4, -0.2) is 41.5 Å². The number of rotatable bonds is 10. The predicted molar refractivity (Wildman–Crippen MR) is 122 cm³/mol. The topological polar surface area (TPSA) is 182 Å². The largest absolute Gasteiger partial charge is 0.444 e. The first-order valence-corrected chi connectivity index (χ1v) is 11.0. The molecule has 1 saturated heterocycles. The molecule has 12 nitrogen and oxygen atoms in total. The van der Waals surface area contributed by atoms with Gasteiger partial charge >= 0.3 is 17.6 Å². The highest BCUT2D eigenvalue weighted by atomic mass is 16.7. The minimum atomic E-state index is -0.665. The van der Waals surface area contributed by atoms with E-state index in [-0.39, 0.29) is 38.4 Å². The highest BCUT2D eigenvalue weighted by molar-refractivity contribution is 6.01. The van der Waals surface area contributed by atoms with Crippen LogP contribution in [0.25, 0.3) is 11.0 Å². The van der Waals surface area contributed by atoms with Crippen molar-refractivity contribution in [3.8, 4) is 0 Å². The van der Waals surface area contributed by atoms with E-state index in [9.17, 15) is 24.0 Å². The number of carbonyl (C=O) groups excluding carboxylic acids is 4. The van der Waals surface area contributed by atoms with Gasteiger partial charge in [0, 0.05) is 30.2 Å². The average Bonchev–Trinajstić information content (AvgIpc) is 3.10. The Hall–Kier alpha value is -4.22. The molecule has 1 atom stereocenters. The van der Waals surface area contributed by atoms with Crippen molar-refractivity contribution < 1.29 is 33.2 Å². The second kappa shape index (κ2) is 11.3. The fraction of sp³-hybridized carbons (Fsp3) is 0.391. The summed E-state index contributed by atoms with van der Waals surface area (Å²) in [6, 6.07) is 6.91. The highest BCUT2D eigenvalue weighted by Gasteiger charge is 2.32. The Morgan fingerprint density at radius 3 is 2.57 bits per heavy atom. The van der Waals surface area contributed by atoms with Crippen molar-refractivity contribution in [2.24, 2.45) is 5.73 Å². The fourth-order valence-corrected chi connectivity index (χ4v) is 3.54. The Balaban J connectivity index is 1.59.